The molecule has 0 aromatic heterocycles. The Kier molecular flexibility index (Phi) is 2.99. The lowest BCUT2D eigenvalue weighted by Crippen LogP contribution is -2.58. The fourth-order valence-corrected chi connectivity index (χ4v) is 1.08. The first-order valence-corrected chi connectivity index (χ1v) is 3.56. The van der Waals surface area contributed by atoms with Gasteiger partial charge in [-0.1, -0.05) is 0 Å². The van der Waals surface area contributed by atoms with Crippen LogP contribution in [0, 0.1) is 0 Å². The third-order valence-corrected chi connectivity index (χ3v) is 1.87. The van der Waals surface area contributed by atoms with Crippen LogP contribution in [0.15, 0.2) is 0 Å². The van der Waals surface area contributed by atoms with Gasteiger partial charge in [0.05, 0.1) is 6.61 Å². The molecule has 6 heteroatoms. The molecule has 5 N–H and O–H groups in total. The lowest BCUT2D eigenvalue weighted by molar-refractivity contribution is -0.286. The first-order chi connectivity index (χ1) is 5.57. The number of hydrogen-bond donors (Lipinski definition) is 5. The third-order valence-electron chi connectivity index (χ3n) is 1.87. The molecule has 1 aliphatic rings. The quantitative estimate of drug-likeness (QED) is 0.290. The summed E-state index contributed by atoms with van der Waals surface area (Å²) in [5, 5.41) is 44.7. The molecule has 5 atom stereocenters. The smallest absolute Gasteiger partial charge is 0.184 e. The molecule has 0 spiro atoms. The van der Waals surface area contributed by atoms with Gasteiger partial charge in [0.1, 0.15) is 24.4 Å². The summed E-state index contributed by atoms with van der Waals surface area (Å²) in [6.45, 7) is -0.526. The van der Waals surface area contributed by atoms with Crippen molar-refractivity contribution >= 4 is 0 Å². The summed E-state index contributed by atoms with van der Waals surface area (Å²) in [6, 6.07) is 0. The maximum atomic E-state index is 9.12. The normalized spacial score (nSPS) is 49.2. The van der Waals surface area contributed by atoms with Crippen LogP contribution in [-0.2, 0) is 4.74 Å². The maximum Gasteiger partial charge on any atom is 0.184 e. The second-order valence-corrected chi connectivity index (χ2v) is 2.72. The zero-order valence-corrected chi connectivity index (χ0v) is 6.24. The molecule has 0 saturated carbocycles. The molecule has 0 amide bonds. The Balaban J connectivity index is 2.63. The Hall–Kier alpha value is -0.240. The van der Waals surface area contributed by atoms with E-state index in [0.717, 1.165) is 0 Å². The molecule has 72 valence electrons. The molecule has 0 aromatic carbocycles. The molecule has 12 heavy (non-hydrogen) atoms. The number of hydrogen-bond acceptors (Lipinski definition) is 6. The van der Waals surface area contributed by atoms with E-state index in [1.807, 2.05) is 0 Å². The Labute approximate surface area is 68.6 Å². The van der Waals surface area contributed by atoms with Crippen molar-refractivity contribution in [1.29, 1.82) is 0 Å². The van der Waals surface area contributed by atoms with Crippen LogP contribution in [0.2, 0.25) is 0 Å². The Bertz CT molecular complexity index is 146. The van der Waals surface area contributed by atoms with Gasteiger partial charge in [-0.15, -0.1) is 0 Å². The lowest BCUT2D eigenvalue weighted by Gasteiger charge is -2.37. The van der Waals surface area contributed by atoms with E-state index in [2.05, 4.69) is 4.74 Å². The monoisotopic (exact) mass is 180 g/mol. The topological polar surface area (TPSA) is 110 Å². The molecule has 1 saturated heterocycles. The molecule has 1 heterocycles. The van der Waals surface area contributed by atoms with Gasteiger partial charge in [0.15, 0.2) is 6.29 Å². The van der Waals surface area contributed by atoms with Gasteiger partial charge < -0.3 is 30.3 Å². The minimum atomic E-state index is -1.57. The molecule has 1 unspecified atom stereocenters. The van der Waals surface area contributed by atoms with Gasteiger partial charge in [-0.3, -0.25) is 0 Å². The van der Waals surface area contributed by atoms with E-state index < -0.39 is 37.3 Å². The van der Waals surface area contributed by atoms with Crippen LogP contribution in [0.5, 0.6) is 0 Å². The van der Waals surface area contributed by atoms with Gasteiger partial charge in [0.2, 0.25) is 0 Å². The Morgan fingerprint density at radius 3 is 2.00 bits per heavy atom. The molecule has 0 bridgehead atoms. The highest BCUT2D eigenvalue weighted by Crippen LogP contribution is 2.18. The first kappa shape index (κ1) is 9.85. The number of aliphatic hydroxyl groups excluding tert-OH is 5. The Morgan fingerprint density at radius 1 is 0.917 bits per heavy atom. The fraction of sp³-hybridized carbons (Fsp3) is 1.00. The molecule has 1 fully saturated rings. The average Bonchev–Trinajstić information content (AvgIpc) is 2.08. The van der Waals surface area contributed by atoms with Crippen molar-refractivity contribution < 1.29 is 30.3 Å². The van der Waals surface area contributed by atoms with Crippen LogP contribution in [0.4, 0.5) is 0 Å². The van der Waals surface area contributed by atoms with Crippen molar-refractivity contribution in [2.75, 3.05) is 6.61 Å². The lowest BCUT2D eigenvalue weighted by atomic mass is 10.00. The van der Waals surface area contributed by atoms with Crippen molar-refractivity contribution in [3.63, 3.8) is 0 Å². The van der Waals surface area contributed by atoms with E-state index in [4.69, 9.17) is 25.5 Å². The predicted octanol–water partition coefficient (Wildman–Crippen LogP) is -3.22. The molecule has 1 aliphatic heterocycles. The van der Waals surface area contributed by atoms with Crippen molar-refractivity contribution in [3.05, 3.63) is 0 Å². The predicted molar refractivity (Wildman–Crippen MR) is 36.0 cm³/mol. The van der Waals surface area contributed by atoms with Gasteiger partial charge in [-0.25, -0.2) is 0 Å². The highest BCUT2D eigenvalue weighted by Gasteiger charge is 2.42. The molecule has 1 rings (SSSR count). The minimum absolute atomic E-state index is 0.526. The Morgan fingerprint density at radius 2 is 1.50 bits per heavy atom. The molecule has 0 aromatic rings. The van der Waals surface area contributed by atoms with Gasteiger partial charge in [0.25, 0.3) is 0 Å². The zero-order valence-electron chi connectivity index (χ0n) is 6.24. The van der Waals surface area contributed by atoms with Crippen molar-refractivity contribution in [2.24, 2.45) is 0 Å². The van der Waals surface area contributed by atoms with Crippen molar-refractivity contribution in [1.82, 2.24) is 0 Å². The van der Waals surface area contributed by atoms with E-state index in [0.29, 0.717) is 0 Å². The molecule has 0 radical (unpaired) electrons. The highest BCUT2D eigenvalue weighted by atomic mass is 16.6. The van der Waals surface area contributed by atoms with Crippen LogP contribution in [0.25, 0.3) is 0 Å². The summed E-state index contributed by atoms with van der Waals surface area (Å²) in [6.07, 6.45) is -7.04. The van der Waals surface area contributed by atoms with Crippen LogP contribution in [0.1, 0.15) is 0 Å². The number of aliphatic hydroxyl groups is 5. The summed E-state index contributed by atoms with van der Waals surface area (Å²) >= 11 is 0. The summed E-state index contributed by atoms with van der Waals surface area (Å²) in [5.74, 6) is 0. The van der Waals surface area contributed by atoms with E-state index >= 15 is 0 Å². The average molecular weight is 180 g/mol. The molecular formula is C6H12O6. The summed E-state index contributed by atoms with van der Waals surface area (Å²) in [7, 11) is 0. The summed E-state index contributed by atoms with van der Waals surface area (Å²) in [4.78, 5) is 0. The van der Waals surface area contributed by atoms with Crippen LogP contribution in [0.3, 0.4) is 0 Å². The van der Waals surface area contributed by atoms with Gasteiger partial charge >= 0.3 is 0 Å². The second-order valence-electron chi connectivity index (χ2n) is 2.72. The van der Waals surface area contributed by atoms with Crippen molar-refractivity contribution in [3.8, 4) is 0 Å². The molecule has 0 aliphatic carbocycles. The maximum absolute atomic E-state index is 9.12. The molecular weight excluding hydrogens is 168 g/mol. The van der Waals surface area contributed by atoms with Crippen LogP contribution < -0.4 is 0 Å². The van der Waals surface area contributed by atoms with E-state index in [-0.39, 0.29) is 0 Å². The van der Waals surface area contributed by atoms with Gasteiger partial charge in [0, 0.05) is 0 Å². The SMILES string of the molecule is OC[C@H]1O[C@@H](O)C(O)[C@@H](O)[C@H]1O. The third kappa shape index (κ3) is 1.58. The van der Waals surface area contributed by atoms with Gasteiger partial charge in [-0.2, -0.15) is 0 Å². The standard InChI is InChI=1S/C6H12O6/c7-1-2-3(8)4(9)5(10)6(11)12-2/h2-11H,1H2/t2-,3+,4+,5?,6-/m1/s1. The van der Waals surface area contributed by atoms with E-state index in [9.17, 15) is 0 Å². The number of rotatable bonds is 1. The van der Waals surface area contributed by atoms with Crippen molar-refractivity contribution in [2.45, 2.75) is 30.7 Å². The van der Waals surface area contributed by atoms with E-state index in [1.165, 1.54) is 0 Å². The second kappa shape index (κ2) is 3.65. The molecule has 6 nitrogen and oxygen atoms in total. The fourth-order valence-electron chi connectivity index (χ4n) is 1.08. The van der Waals surface area contributed by atoms with E-state index in [1.54, 1.807) is 0 Å². The largest absolute Gasteiger partial charge is 0.394 e. The number of ether oxygens (including phenoxy) is 1. The van der Waals surface area contributed by atoms with Gasteiger partial charge in [-0.05, 0) is 0 Å². The van der Waals surface area contributed by atoms with Crippen LogP contribution in [-0.4, -0.2) is 62.8 Å². The first-order valence-electron chi connectivity index (χ1n) is 3.56. The zero-order chi connectivity index (χ0) is 9.30. The minimum Gasteiger partial charge on any atom is -0.394 e. The summed E-state index contributed by atoms with van der Waals surface area (Å²) < 4.78 is 4.58. The van der Waals surface area contributed by atoms with Crippen LogP contribution >= 0.6 is 0 Å². The summed E-state index contributed by atoms with van der Waals surface area (Å²) in [5.41, 5.74) is 0. The highest BCUT2D eigenvalue weighted by molar-refractivity contribution is 4.87.